The summed E-state index contributed by atoms with van der Waals surface area (Å²) in [6.07, 6.45) is 3.88. The SMILES string of the molecule is C=CN1CCC(C(=C)C(=O)OCCCC)C1=O. The highest BCUT2D eigenvalue weighted by molar-refractivity contribution is 5.97. The van der Waals surface area contributed by atoms with Gasteiger partial charge in [-0.15, -0.1) is 0 Å². The minimum absolute atomic E-state index is 0.113. The Bertz CT molecular complexity index is 336. The van der Waals surface area contributed by atoms with Crippen LogP contribution in [0.2, 0.25) is 0 Å². The molecule has 1 saturated heterocycles. The summed E-state index contributed by atoms with van der Waals surface area (Å²) in [5.41, 5.74) is 0.260. The Morgan fingerprint density at radius 1 is 1.65 bits per heavy atom. The first-order valence-corrected chi connectivity index (χ1v) is 5.90. The fraction of sp³-hybridized carbons (Fsp3) is 0.538. The standard InChI is InChI=1S/C13H19NO3/c1-4-6-9-17-13(16)10(3)11-7-8-14(5-2)12(11)15/h5,11H,2-4,6-9H2,1H3. The Hall–Kier alpha value is -1.58. The highest BCUT2D eigenvalue weighted by Crippen LogP contribution is 2.25. The predicted octanol–water partition coefficient (Wildman–Crippen LogP) is 1.88. The largest absolute Gasteiger partial charge is 0.462 e. The highest BCUT2D eigenvalue weighted by Gasteiger charge is 2.35. The van der Waals surface area contributed by atoms with Gasteiger partial charge in [0.2, 0.25) is 5.91 Å². The van der Waals surface area contributed by atoms with E-state index >= 15 is 0 Å². The topological polar surface area (TPSA) is 46.6 Å². The van der Waals surface area contributed by atoms with Crippen molar-refractivity contribution in [3.63, 3.8) is 0 Å². The minimum Gasteiger partial charge on any atom is -0.462 e. The van der Waals surface area contributed by atoms with Gasteiger partial charge in [-0.2, -0.15) is 0 Å². The summed E-state index contributed by atoms with van der Waals surface area (Å²) in [6.45, 7) is 10.2. The molecule has 1 heterocycles. The number of hydrogen-bond donors (Lipinski definition) is 0. The van der Waals surface area contributed by atoms with Gasteiger partial charge in [-0.25, -0.2) is 4.79 Å². The molecule has 0 aromatic rings. The zero-order valence-electron chi connectivity index (χ0n) is 10.3. The summed E-state index contributed by atoms with van der Waals surface area (Å²) in [4.78, 5) is 24.9. The van der Waals surface area contributed by atoms with Crippen LogP contribution >= 0.6 is 0 Å². The first-order chi connectivity index (χ1) is 8.11. The summed E-state index contributed by atoms with van der Waals surface area (Å²) in [7, 11) is 0. The molecule has 1 atom stereocenters. The van der Waals surface area contributed by atoms with E-state index in [0.29, 0.717) is 19.6 Å². The fourth-order valence-electron chi connectivity index (χ4n) is 1.75. The molecule has 4 heteroatoms. The molecule has 0 aromatic carbocycles. The number of esters is 1. The second kappa shape index (κ2) is 6.23. The molecule has 94 valence electrons. The Kier molecular flexibility index (Phi) is 4.94. The predicted molar refractivity (Wildman–Crippen MR) is 65.0 cm³/mol. The van der Waals surface area contributed by atoms with Crippen LogP contribution in [0.4, 0.5) is 0 Å². The summed E-state index contributed by atoms with van der Waals surface area (Å²) in [5, 5.41) is 0. The van der Waals surface area contributed by atoms with Crippen molar-refractivity contribution in [3.05, 3.63) is 24.9 Å². The van der Waals surface area contributed by atoms with Crippen molar-refractivity contribution in [2.45, 2.75) is 26.2 Å². The van der Waals surface area contributed by atoms with Gasteiger partial charge >= 0.3 is 5.97 Å². The number of hydrogen-bond acceptors (Lipinski definition) is 3. The van der Waals surface area contributed by atoms with E-state index in [4.69, 9.17) is 4.74 Å². The van der Waals surface area contributed by atoms with Gasteiger partial charge in [0.15, 0.2) is 0 Å². The first kappa shape index (κ1) is 13.5. The van der Waals surface area contributed by atoms with Crippen LogP contribution in [0, 0.1) is 5.92 Å². The first-order valence-electron chi connectivity index (χ1n) is 5.90. The minimum atomic E-state index is -0.456. The third kappa shape index (κ3) is 3.19. The van der Waals surface area contributed by atoms with Crippen molar-refractivity contribution < 1.29 is 14.3 Å². The normalized spacial score (nSPS) is 19.2. The number of carbonyl (C=O) groups is 2. The maximum absolute atomic E-state index is 11.8. The third-order valence-electron chi connectivity index (χ3n) is 2.87. The number of carbonyl (C=O) groups excluding carboxylic acids is 2. The lowest BCUT2D eigenvalue weighted by Gasteiger charge is -2.12. The van der Waals surface area contributed by atoms with Crippen LogP contribution in [-0.2, 0) is 14.3 Å². The lowest BCUT2D eigenvalue weighted by Crippen LogP contribution is -2.25. The van der Waals surface area contributed by atoms with Gasteiger partial charge in [0, 0.05) is 12.1 Å². The molecular formula is C13H19NO3. The number of likely N-dealkylation sites (tertiary alicyclic amines) is 1. The Morgan fingerprint density at radius 2 is 2.35 bits per heavy atom. The van der Waals surface area contributed by atoms with E-state index in [0.717, 1.165) is 12.8 Å². The van der Waals surface area contributed by atoms with Gasteiger partial charge in [0.25, 0.3) is 0 Å². The van der Waals surface area contributed by atoms with Gasteiger partial charge in [-0.3, -0.25) is 4.79 Å². The molecule has 0 radical (unpaired) electrons. The molecule has 0 saturated carbocycles. The fourth-order valence-corrected chi connectivity index (χ4v) is 1.75. The summed E-state index contributed by atoms with van der Waals surface area (Å²) < 4.78 is 5.04. The quantitative estimate of drug-likeness (QED) is 0.402. The van der Waals surface area contributed by atoms with Gasteiger partial charge in [-0.05, 0) is 19.0 Å². The van der Waals surface area contributed by atoms with Crippen LogP contribution in [-0.4, -0.2) is 29.9 Å². The van der Waals surface area contributed by atoms with Crippen molar-refractivity contribution >= 4 is 11.9 Å². The summed E-state index contributed by atoms with van der Waals surface area (Å²) >= 11 is 0. The van der Waals surface area contributed by atoms with E-state index in [1.54, 1.807) is 0 Å². The van der Waals surface area contributed by atoms with Crippen LogP contribution in [0.5, 0.6) is 0 Å². The molecule has 1 amide bonds. The van der Waals surface area contributed by atoms with Crippen LogP contribution in [0.1, 0.15) is 26.2 Å². The lowest BCUT2D eigenvalue weighted by atomic mass is 9.99. The molecule has 1 fully saturated rings. The maximum Gasteiger partial charge on any atom is 0.334 e. The molecule has 0 bridgehead atoms. The molecule has 1 unspecified atom stereocenters. The van der Waals surface area contributed by atoms with Crippen LogP contribution in [0.25, 0.3) is 0 Å². The Balaban J connectivity index is 2.50. The molecule has 1 aliphatic heterocycles. The molecule has 0 spiro atoms. The van der Waals surface area contributed by atoms with E-state index in [1.807, 2.05) is 6.92 Å². The number of amides is 1. The van der Waals surface area contributed by atoms with Crippen LogP contribution in [0.3, 0.4) is 0 Å². The monoisotopic (exact) mass is 237 g/mol. The zero-order valence-corrected chi connectivity index (χ0v) is 10.3. The summed E-state index contributed by atoms with van der Waals surface area (Å²) in [6, 6.07) is 0. The van der Waals surface area contributed by atoms with E-state index in [1.165, 1.54) is 11.1 Å². The second-order valence-electron chi connectivity index (χ2n) is 4.07. The molecule has 17 heavy (non-hydrogen) atoms. The van der Waals surface area contributed by atoms with E-state index in [9.17, 15) is 9.59 Å². The molecule has 1 aliphatic rings. The van der Waals surface area contributed by atoms with Crippen molar-refractivity contribution in [2.24, 2.45) is 5.92 Å². The van der Waals surface area contributed by atoms with Crippen molar-refractivity contribution in [1.29, 1.82) is 0 Å². The van der Waals surface area contributed by atoms with E-state index < -0.39 is 11.9 Å². The smallest absolute Gasteiger partial charge is 0.334 e. The molecule has 0 aliphatic carbocycles. The average Bonchev–Trinajstić information content (AvgIpc) is 2.69. The summed E-state index contributed by atoms with van der Waals surface area (Å²) in [5.74, 6) is -1.01. The third-order valence-corrected chi connectivity index (χ3v) is 2.87. The van der Waals surface area contributed by atoms with Crippen molar-refractivity contribution in [3.8, 4) is 0 Å². The van der Waals surface area contributed by atoms with Gasteiger partial charge in [-0.1, -0.05) is 26.5 Å². The van der Waals surface area contributed by atoms with E-state index in [-0.39, 0.29) is 11.5 Å². The Morgan fingerprint density at radius 3 is 2.88 bits per heavy atom. The number of rotatable bonds is 6. The highest BCUT2D eigenvalue weighted by atomic mass is 16.5. The van der Waals surface area contributed by atoms with Gasteiger partial charge in [0.05, 0.1) is 12.5 Å². The molecule has 4 nitrogen and oxygen atoms in total. The second-order valence-corrected chi connectivity index (χ2v) is 4.07. The molecule has 0 N–H and O–H groups in total. The molecule has 0 aromatic heterocycles. The molecular weight excluding hydrogens is 218 g/mol. The number of ether oxygens (including phenoxy) is 1. The van der Waals surface area contributed by atoms with Crippen molar-refractivity contribution in [1.82, 2.24) is 4.90 Å². The Labute approximate surface area is 102 Å². The van der Waals surface area contributed by atoms with E-state index in [2.05, 4.69) is 13.2 Å². The molecule has 1 rings (SSSR count). The lowest BCUT2D eigenvalue weighted by molar-refractivity contribution is -0.141. The average molecular weight is 237 g/mol. The van der Waals surface area contributed by atoms with Crippen LogP contribution in [0.15, 0.2) is 24.9 Å². The zero-order chi connectivity index (χ0) is 12.8. The van der Waals surface area contributed by atoms with Gasteiger partial charge < -0.3 is 9.64 Å². The van der Waals surface area contributed by atoms with Crippen LogP contribution < -0.4 is 0 Å². The van der Waals surface area contributed by atoms with Gasteiger partial charge in [0.1, 0.15) is 0 Å². The van der Waals surface area contributed by atoms with Crippen molar-refractivity contribution in [2.75, 3.05) is 13.2 Å². The number of nitrogens with zero attached hydrogens (tertiary/aromatic N) is 1. The number of unbranched alkanes of at least 4 members (excludes halogenated alkanes) is 1. The maximum atomic E-state index is 11.8.